The van der Waals surface area contributed by atoms with Crippen LogP contribution < -0.4 is 16.2 Å². The normalized spacial score (nSPS) is 25.7. The molecule has 0 spiro atoms. The minimum atomic E-state index is -0.347. The summed E-state index contributed by atoms with van der Waals surface area (Å²) in [6, 6.07) is 5.26. The van der Waals surface area contributed by atoms with Gasteiger partial charge in [0.25, 0.3) is 0 Å². The molecule has 2 aliphatic heterocycles. The molecule has 3 unspecified atom stereocenters. The van der Waals surface area contributed by atoms with E-state index in [1.54, 1.807) is 9.80 Å². The topological polar surface area (TPSA) is 76.7 Å². The molecule has 3 N–H and O–H groups in total. The summed E-state index contributed by atoms with van der Waals surface area (Å²) in [6.45, 7) is 6.11. The van der Waals surface area contributed by atoms with Crippen LogP contribution in [0.25, 0.3) is 0 Å². The second kappa shape index (κ2) is 8.53. The van der Waals surface area contributed by atoms with Gasteiger partial charge in [0, 0.05) is 37.9 Å². The largest absolute Gasteiger partial charge is 0.338 e. The molecule has 1 aromatic carbocycles. The van der Waals surface area contributed by atoms with E-state index in [-0.39, 0.29) is 34.7 Å². The Morgan fingerprint density at radius 2 is 1.70 bits per heavy atom. The lowest BCUT2D eigenvalue weighted by molar-refractivity contribution is -0.134. The minimum Gasteiger partial charge on any atom is -0.338 e. The van der Waals surface area contributed by atoms with Gasteiger partial charge >= 0.3 is 6.03 Å². The summed E-state index contributed by atoms with van der Waals surface area (Å²) >= 11 is 3.64. The van der Waals surface area contributed by atoms with E-state index in [0.717, 1.165) is 0 Å². The summed E-state index contributed by atoms with van der Waals surface area (Å²) in [6.07, 6.45) is 0. The van der Waals surface area contributed by atoms with E-state index in [1.165, 1.54) is 24.3 Å². The summed E-state index contributed by atoms with van der Waals surface area (Å²) in [7, 11) is 0. The highest BCUT2D eigenvalue weighted by Crippen LogP contribution is 2.23. The molecule has 1 aromatic rings. The van der Waals surface area contributed by atoms with Gasteiger partial charge in [-0.1, -0.05) is 29.8 Å². The third-order valence-electron chi connectivity index (χ3n) is 5.03. The predicted molar refractivity (Wildman–Crippen MR) is 105 cm³/mol. The Hall–Kier alpha value is -1.71. The number of benzene rings is 1. The SMILES string of the molecule is CC(C)C1NNC(C(=O)N2CCN(C(=O)Nc3ccc(F)cc3)CC2)C1Br. The zero-order valence-corrected chi connectivity index (χ0v) is 17.0. The molecule has 3 atom stereocenters. The second-order valence-electron chi connectivity index (χ2n) is 7.23. The number of rotatable bonds is 3. The van der Waals surface area contributed by atoms with Crippen LogP contribution in [0.3, 0.4) is 0 Å². The first-order valence-electron chi connectivity index (χ1n) is 9.12. The number of amides is 3. The highest BCUT2D eigenvalue weighted by molar-refractivity contribution is 9.09. The van der Waals surface area contributed by atoms with Crippen LogP contribution >= 0.6 is 15.9 Å². The third kappa shape index (κ3) is 4.59. The lowest BCUT2D eigenvalue weighted by Crippen LogP contribution is -2.56. The van der Waals surface area contributed by atoms with Crippen LogP contribution in [0.4, 0.5) is 14.9 Å². The highest BCUT2D eigenvalue weighted by atomic mass is 79.9. The van der Waals surface area contributed by atoms with E-state index in [1.807, 2.05) is 0 Å². The van der Waals surface area contributed by atoms with Crippen LogP contribution in [-0.4, -0.2) is 64.8 Å². The van der Waals surface area contributed by atoms with Gasteiger partial charge in [0.2, 0.25) is 5.91 Å². The van der Waals surface area contributed by atoms with Gasteiger partial charge in [-0.05, 0) is 30.2 Å². The Morgan fingerprint density at radius 1 is 1.11 bits per heavy atom. The molecular formula is C18H25BrFN5O2. The average molecular weight is 442 g/mol. The molecule has 148 valence electrons. The number of halogens is 2. The van der Waals surface area contributed by atoms with Crippen molar-refractivity contribution in [3.8, 4) is 0 Å². The van der Waals surface area contributed by atoms with E-state index in [9.17, 15) is 14.0 Å². The summed E-state index contributed by atoms with van der Waals surface area (Å²) in [5.41, 5.74) is 6.83. The number of hydrogen-bond acceptors (Lipinski definition) is 4. The van der Waals surface area contributed by atoms with Crippen molar-refractivity contribution in [3.05, 3.63) is 30.1 Å². The van der Waals surface area contributed by atoms with Crippen LogP contribution in [0.5, 0.6) is 0 Å². The summed E-state index contributed by atoms with van der Waals surface area (Å²) in [4.78, 5) is 28.6. The molecule has 0 radical (unpaired) electrons. The molecular weight excluding hydrogens is 417 g/mol. The first-order valence-corrected chi connectivity index (χ1v) is 10.0. The minimum absolute atomic E-state index is 0.0183. The Balaban J connectivity index is 1.50. The maximum Gasteiger partial charge on any atom is 0.321 e. The van der Waals surface area contributed by atoms with Crippen molar-refractivity contribution in [3.63, 3.8) is 0 Å². The number of nitrogens with zero attached hydrogens (tertiary/aromatic N) is 2. The first-order chi connectivity index (χ1) is 12.9. The van der Waals surface area contributed by atoms with Gasteiger partial charge in [-0.2, -0.15) is 0 Å². The molecule has 0 aliphatic carbocycles. The lowest BCUT2D eigenvalue weighted by atomic mass is 9.99. The standard InChI is InChI=1S/C18H25BrFN5O2/c1-11(2)15-14(19)16(23-22-15)17(26)24-7-9-25(10-8-24)18(27)21-13-5-3-12(20)4-6-13/h3-6,11,14-16,22-23H,7-10H2,1-2H3,(H,21,27). The molecule has 27 heavy (non-hydrogen) atoms. The number of hydrazine groups is 1. The van der Waals surface area contributed by atoms with Crippen LogP contribution in [0.15, 0.2) is 24.3 Å². The number of carbonyl (C=O) groups is 2. The predicted octanol–water partition coefficient (Wildman–Crippen LogP) is 1.77. The summed E-state index contributed by atoms with van der Waals surface area (Å²) in [5, 5.41) is 2.75. The van der Waals surface area contributed by atoms with Crippen molar-refractivity contribution < 1.29 is 14.0 Å². The van der Waals surface area contributed by atoms with E-state index in [0.29, 0.717) is 37.8 Å². The van der Waals surface area contributed by atoms with Gasteiger partial charge in [-0.15, -0.1) is 0 Å². The number of piperazine rings is 1. The van der Waals surface area contributed by atoms with Gasteiger partial charge in [0.1, 0.15) is 11.9 Å². The molecule has 3 rings (SSSR count). The monoisotopic (exact) mass is 441 g/mol. The average Bonchev–Trinajstić information content (AvgIpc) is 3.05. The van der Waals surface area contributed by atoms with Crippen LogP contribution in [0, 0.1) is 11.7 Å². The maximum atomic E-state index is 12.9. The quantitative estimate of drug-likeness (QED) is 0.624. The smallest absolute Gasteiger partial charge is 0.321 e. The van der Waals surface area contributed by atoms with Gasteiger partial charge in [-0.25, -0.2) is 14.6 Å². The van der Waals surface area contributed by atoms with Crippen LogP contribution in [-0.2, 0) is 4.79 Å². The van der Waals surface area contributed by atoms with E-state index in [2.05, 4.69) is 45.9 Å². The van der Waals surface area contributed by atoms with E-state index >= 15 is 0 Å². The van der Waals surface area contributed by atoms with Crippen molar-refractivity contribution in [2.45, 2.75) is 30.8 Å². The molecule has 2 fully saturated rings. The Labute approximate surface area is 166 Å². The molecule has 0 bridgehead atoms. The highest BCUT2D eigenvalue weighted by Gasteiger charge is 2.42. The van der Waals surface area contributed by atoms with Gasteiger partial charge in [-0.3, -0.25) is 10.2 Å². The fourth-order valence-electron chi connectivity index (χ4n) is 3.35. The van der Waals surface area contributed by atoms with Crippen molar-refractivity contribution in [1.29, 1.82) is 0 Å². The number of urea groups is 1. The zero-order chi connectivity index (χ0) is 19.6. The molecule has 2 saturated heterocycles. The van der Waals surface area contributed by atoms with E-state index < -0.39 is 0 Å². The van der Waals surface area contributed by atoms with Gasteiger partial charge < -0.3 is 15.1 Å². The molecule has 9 heteroatoms. The fraction of sp³-hybridized carbons (Fsp3) is 0.556. The summed E-state index contributed by atoms with van der Waals surface area (Å²) in [5.74, 6) is 0.0812. The lowest BCUT2D eigenvalue weighted by Gasteiger charge is -2.36. The third-order valence-corrected chi connectivity index (χ3v) is 6.12. The van der Waals surface area contributed by atoms with Gasteiger partial charge in [0.05, 0.1) is 4.83 Å². The first kappa shape index (κ1) is 20.0. The van der Waals surface area contributed by atoms with Crippen molar-refractivity contribution in [2.24, 2.45) is 5.92 Å². The molecule has 3 amide bonds. The molecule has 2 aliphatic rings. The molecule has 0 aromatic heterocycles. The van der Waals surface area contributed by atoms with Crippen LogP contribution in [0.2, 0.25) is 0 Å². The number of hydrogen-bond donors (Lipinski definition) is 3. The fourth-order valence-corrected chi connectivity index (χ4v) is 4.45. The Bertz CT molecular complexity index is 679. The molecule has 7 nitrogen and oxygen atoms in total. The van der Waals surface area contributed by atoms with Crippen LogP contribution in [0.1, 0.15) is 13.8 Å². The number of alkyl halides is 1. The van der Waals surface area contributed by atoms with E-state index in [4.69, 9.17) is 0 Å². The number of anilines is 1. The molecule has 0 saturated carbocycles. The van der Waals surface area contributed by atoms with Crippen molar-refractivity contribution >= 4 is 33.6 Å². The number of nitrogens with one attached hydrogen (secondary N) is 3. The molecule has 2 heterocycles. The van der Waals surface area contributed by atoms with Crippen molar-refractivity contribution in [1.82, 2.24) is 20.7 Å². The van der Waals surface area contributed by atoms with Crippen molar-refractivity contribution in [2.75, 3.05) is 31.5 Å². The number of carbonyl (C=O) groups excluding carboxylic acids is 2. The second-order valence-corrected chi connectivity index (χ2v) is 8.29. The Kier molecular flexibility index (Phi) is 6.33. The maximum absolute atomic E-state index is 12.9. The van der Waals surface area contributed by atoms with Gasteiger partial charge in [0.15, 0.2) is 0 Å². The Morgan fingerprint density at radius 3 is 2.26 bits per heavy atom. The summed E-state index contributed by atoms with van der Waals surface area (Å²) < 4.78 is 12.9. The zero-order valence-electron chi connectivity index (χ0n) is 15.4.